The largest absolute Gasteiger partial charge is 0.467 e. The predicted molar refractivity (Wildman–Crippen MR) is 127 cm³/mol. The van der Waals surface area contributed by atoms with Gasteiger partial charge in [-0.05, 0) is 25.5 Å². The number of halogens is 1. The first-order chi connectivity index (χ1) is 14.3. The molecule has 0 spiro atoms. The third-order valence-corrected chi connectivity index (χ3v) is 4.12. The summed E-state index contributed by atoms with van der Waals surface area (Å²) in [4.78, 5) is 13.1. The summed E-state index contributed by atoms with van der Waals surface area (Å²) in [5, 5.41) is 15.0. The molecule has 0 fully saturated rings. The minimum absolute atomic E-state index is 0. The van der Waals surface area contributed by atoms with Crippen molar-refractivity contribution in [2.45, 2.75) is 20.0 Å². The second kappa shape index (κ2) is 13.0. The Balaban J connectivity index is 0.00000320. The summed E-state index contributed by atoms with van der Waals surface area (Å²) in [6.07, 6.45) is 5.80. The molecule has 3 heterocycles. The van der Waals surface area contributed by atoms with Gasteiger partial charge in [0.25, 0.3) is 0 Å². The number of hydrogen-bond donors (Lipinski definition) is 3. The van der Waals surface area contributed by atoms with Gasteiger partial charge in [-0.2, -0.15) is 5.10 Å². The molecular weight excluding hydrogens is 499 g/mol. The Bertz CT molecular complexity index is 897. The summed E-state index contributed by atoms with van der Waals surface area (Å²) >= 11 is 0. The molecule has 0 amide bonds. The molecule has 0 atom stereocenters. The maximum Gasteiger partial charge on any atom is 0.191 e. The van der Waals surface area contributed by atoms with Gasteiger partial charge in [0, 0.05) is 39.8 Å². The van der Waals surface area contributed by atoms with Crippen LogP contribution >= 0.6 is 24.0 Å². The Hall–Kier alpha value is -2.41. The molecule has 0 saturated heterocycles. The van der Waals surface area contributed by atoms with Gasteiger partial charge in [0.05, 0.1) is 17.8 Å². The fourth-order valence-corrected chi connectivity index (χ4v) is 2.73. The Kier molecular flexibility index (Phi) is 10.3. The smallest absolute Gasteiger partial charge is 0.191 e. The molecule has 3 N–H and O–H groups in total. The van der Waals surface area contributed by atoms with E-state index in [0.29, 0.717) is 32.8 Å². The first-order valence-corrected chi connectivity index (χ1v) is 9.76. The summed E-state index contributed by atoms with van der Waals surface area (Å²) in [6, 6.07) is 3.76. The lowest BCUT2D eigenvalue weighted by Crippen LogP contribution is -2.39. The van der Waals surface area contributed by atoms with Gasteiger partial charge < -0.3 is 25.1 Å². The monoisotopic (exact) mass is 528 g/mol. The highest BCUT2D eigenvalue weighted by Gasteiger charge is 2.07. The maximum atomic E-state index is 5.57. The van der Waals surface area contributed by atoms with E-state index in [1.165, 1.54) is 0 Å². The van der Waals surface area contributed by atoms with Gasteiger partial charge in [-0.15, -0.1) is 24.0 Å². The van der Waals surface area contributed by atoms with Crippen LogP contribution in [0.15, 0.2) is 40.3 Å². The highest BCUT2D eigenvalue weighted by atomic mass is 127. The molecule has 164 valence electrons. The Morgan fingerprint density at radius 1 is 1.27 bits per heavy atom. The van der Waals surface area contributed by atoms with Crippen molar-refractivity contribution in [3.63, 3.8) is 0 Å². The van der Waals surface area contributed by atoms with Gasteiger partial charge in [-0.25, -0.2) is 9.97 Å². The third kappa shape index (κ3) is 7.13. The summed E-state index contributed by atoms with van der Waals surface area (Å²) in [5.41, 5.74) is 0.805. The molecule has 0 radical (unpaired) electrons. The number of rotatable bonds is 11. The van der Waals surface area contributed by atoms with E-state index >= 15 is 0 Å². The van der Waals surface area contributed by atoms with Gasteiger partial charge in [0.1, 0.15) is 24.5 Å². The van der Waals surface area contributed by atoms with Crippen LogP contribution in [0.4, 0.5) is 5.82 Å². The van der Waals surface area contributed by atoms with Gasteiger partial charge in [0.15, 0.2) is 11.6 Å². The van der Waals surface area contributed by atoms with Crippen molar-refractivity contribution in [1.29, 1.82) is 0 Å². The van der Waals surface area contributed by atoms with Crippen LogP contribution in [0.2, 0.25) is 0 Å². The fraction of sp³-hybridized carbons (Fsp3) is 0.474. The number of hydrogen-bond acceptors (Lipinski definition) is 7. The number of nitrogens with zero attached hydrogens (tertiary/aromatic N) is 5. The lowest BCUT2D eigenvalue weighted by molar-refractivity contribution is 0.105. The van der Waals surface area contributed by atoms with Gasteiger partial charge >= 0.3 is 0 Å². The number of anilines is 1. The summed E-state index contributed by atoms with van der Waals surface area (Å²) in [5.74, 6) is 2.40. The van der Waals surface area contributed by atoms with Crippen LogP contribution in [-0.2, 0) is 18.4 Å². The molecule has 11 heteroatoms. The highest BCUT2D eigenvalue weighted by molar-refractivity contribution is 14.0. The number of guanidine groups is 1. The zero-order valence-corrected chi connectivity index (χ0v) is 19.6. The molecule has 3 aromatic rings. The van der Waals surface area contributed by atoms with E-state index in [0.717, 1.165) is 41.5 Å². The minimum atomic E-state index is 0. The molecule has 0 aromatic carbocycles. The van der Waals surface area contributed by atoms with Crippen molar-refractivity contribution in [3.05, 3.63) is 36.7 Å². The molecule has 0 unspecified atom stereocenters. The van der Waals surface area contributed by atoms with Crippen LogP contribution in [0.1, 0.15) is 19.1 Å². The number of fused-ring (bicyclic) bond motifs is 1. The standard InChI is InChI=1S/C19H28N8O2.HI/c1-3-20-19(22-7-5-10-28-13-15-6-4-11-29-15)23-9-8-21-17-16-12-26-27(2)18(16)25-14-24-17;/h4,6,11-12,14H,3,5,7-10,13H2,1-2H3,(H2,20,22,23)(H,21,24,25);1H. The quantitative estimate of drug-likeness (QED) is 0.150. The third-order valence-electron chi connectivity index (χ3n) is 4.12. The average Bonchev–Trinajstić information content (AvgIpc) is 3.38. The van der Waals surface area contributed by atoms with Crippen LogP contribution in [0.3, 0.4) is 0 Å². The molecular formula is C19H29IN8O2. The Morgan fingerprint density at radius 3 is 2.97 bits per heavy atom. The molecule has 0 aliphatic carbocycles. The summed E-state index contributed by atoms with van der Waals surface area (Å²) < 4.78 is 12.5. The second-order valence-corrected chi connectivity index (χ2v) is 6.33. The SMILES string of the molecule is CCNC(=NCCCOCc1ccco1)NCCNc1ncnc2c1cnn2C.I. The molecule has 3 rings (SSSR count). The van der Waals surface area contributed by atoms with Gasteiger partial charge in [-0.1, -0.05) is 0 Å². The number of ether oxygens (including phenoxy) is 1. The summed E-state index contributed by atoms with van der Waals surface area (Å²) in [7, 11) is 1.86. The lowest BCUT2D eigenvalue weighted by atomic mass is 10.4. The maximum absolute atomic E-state index is 5.57. The lowest BCUT2D eigenvalue weighted by Gasteiger charge is -2.12. The fourth-order valence-electron chi connectivity index (χ4n) is 2.73. The van der Waals surface area contributed by atoms with Crippen LogP contribution < -0.4 is 16.0 Å². The highest BCUT2D eigenvalue weighted by Crippen LogP contribution is 2.16. The van der Waals surface area contributed by atoms with Crippen molar-refractivity contribution in [2.75, 3.05) is 38.1 Å². The van der Waals surface area contributed by atoms with E-state index in [1.807, 2.05) is 26.1 Å². The van der Waals surface area contributed by atoms with Crippen LogP contribution in [0.5, 0.6) is 0 Å². The number of furan rings is 1. The van der Waals surface area contributed by atoms with Crippen molar-refractivity contribution < 1.29 is 9.15 Å². The van der Waals surface area contributed by atoms with Gasteiger partial charge in [0.2, 0.25) is 0 Å². The predicted octanol–water partition coefficient (Wildman–Crippen LogP) is 2.15. The normalized spacial score (nSPS) is 11.3. The molecule has 0 aliphatic heterocycles. The van der Waals surface area contributed by atoms with Crippen molar-refractivity contribution in [3.8, 4) is 0 Å². The first-order valence-electron chi connectivity index (χ1n) is 9.76. The van der Waals surface area contributed by atoms with Crippen LogP contribution in [0, 0.1) is 0 Å². The number of aryl methyl sites for hydroxylation is 1. The Labute approximate surface area is 192 Å². The minimum Gasteiger partial charge on any atom is -0.467 e. The number of aliphatic imine (C=N–C) groups is 1. The van der Waals surface area contributed by atoms with Crippen LogP contribution in [-0.4, -0.2) is 58.5 Å². The molecule has 0 bridgehead atoms. The van der Waals surface area contributed by atoms with E-state index in [4.69, 9.17) is 9.15 Å². The zero-order valence-electron chi connectivity index (χ0n) is 17.3. The summed E-state index contributed by atoms with van der Waals surface area (Å²) in [6.45, 7) is 6.06. The van der Waals surface area contributed by atoms with Crippen molar-refractivity contribution >= 4 is 46.8 Å². The van der Waals surface area contributed by atoms with E-state index < -0.39 is 0 Å². The molecule has 0 saturated carbocycles. The van der Waals surface area contributed by atoms with E-state index in [1.54, 1.807) is 23.5 Å². The van der Waals surface area contributed by atoms with E-state index in [2.05, 4.69) is 36.0 Å². The molecule has 3 aromatic heterocycles. The first kappa shape index (κ1) is 23.9. The topological polar surface area (TPSA) is 114 Å². The number of aromatic nitrogens is 4. The van der Waals surface area contributed by atoms with Crippen molar-refractivity contribution in [1.82, 2.24) is 30.4 Å². The van der Waals surface area contributed by atoms with Crippen LogP contribution in [0.25, 0.3) is 11.0 Å². The number of nitrogens with one attached hydrogen (secondary N) is 3. The van der Waals surface area contributed by atoms with E-state index in [9.17, 15) is 0 Å². The van der Waals surface area contributed by atoms with Crippen molar-refractivity contribution in [2.24, 2.45) is 12.0 Å². The zero-order chi connectivity index (χ0) is 20.3. The molecule has 30 heavy (non-hydrogen) atoms. The van der Waals surface area contributed by atoms with Gasteiger partial charge in [-0.3, -0.25) is 9.67 Å². The molecule has 0 aliphatic rings. The second-order valence-electron chi connectivity index (χ2n) is 6.33. The molecule has 10 nitrogen and oxygen atoms in total. The Morgan fingerprint density at radius 2 is 2.17 bits per heavy atom. The average molecular weight is 528 g/mol. The van der Waals surface area contributed by atoms with E-state index in [-0.39, 0.29) is 24.0 Å².